The van der Waals surface area contributed by atoms with E-state index in [0.29, 0.717) is 3.57 Å². The number of hydrogen-bond acceptors (Lipinski definition) is 3. The minimum atomic E-state index is -5.04. The molecule has 0 fully saturated rings. The van der Waals surface area contributed by atoms with E-state index in [9.17, 15) is 13.9 Å². The fourth-order valence-corrected chi connectivity index (χ4v) is 4.22. The Labute approximate surface area is 128 Å². The monoisotopic (exact) mass is 435 g/mol. The molecule has 0 radical (unpaired) electrons. The largest absolute Gasteiger partial charge is 0.350 e. The molecule has 1 aromatic rings. The lowest BCUT2D eigenvalue weighted by atomic mass is 10.2. The molecule has 0 aromatic heterocycles. The molecule has 1 rings (SSSR count). The number of hydrogen-bond donors (Lipinski definition) is 5. The summed E-state index contributed by atoms with van der Waals surface area (Å²) in [6.45, 7) is -0.821. The van der Waals surface area contributed by atoms with E-state index in [1.165, 1.54) is 6.07 Å². The lowest BCUT2D eigenvalue weighted by Gasteiger charge is -2.19. The van der Waals surface area contributed by atoms with Crippen molar-refractivity contribution in [1.29, 1.82) is 0 Å². The van der Waals surface area contributed by atoms with Crippen LogP contribution in [0.15, 0.2) is 24.3 Å². The maximum atomic E-state index is 11.8. The van der Waals surface area contributed by atoms with Crippen molar-refractivity contribution in [2.24, 2.45) is 0 Å². The first-order chi connectivity index (χ1) is 9.03. The minimum absolute atomic E-state index is 0.253. The van der Waals surface area contributed by atoms with Crippen molar-refractivity contribution in [3.63, 3.8) is 0 Å². The summed E-state index contributed by atoms with van der Waals surface area (Å²) in [5, 5.41) is -0.125. The van der Waals surface area contributed by atoms with Gasteiger partial charge in [0.2, 0.25) is 0 Å². The highest BCUT2D eigenvalue weighted by molar-refractivity contribution is 14.1. The predicted octanol–water partition coefficient (Wildman–Crippen LogP) is 0.702. The maximum Gasteiger partial charge on any atom is 0.342 e. The van der Waals surface area contributed by atoms with Crippen molar-refractivity contribution < 1.29 is 33.5 Å². The Hall–Kier alpha value is -0.280. The van der Waals surface area contributed by atoms with E-state index in [0.717, 1.165) is 0 Å². The number of halogens is 1. The summed E-state index contributed by atoms with van der Waals surface area (Å²) in [4.78, 5) is 47.5. The molecule has 0 atom stereocenters. The zero-order valence-corrected chi connectivity index (χ0v) is 13.8. The highest BCUT2D eigenvalue weighted by Crippen LogP contribution is 2.59. The van der Waals surface area contributed by atoms with Crippen LogP contribution in [0, 0.1) is 3.57 Å². The summed E-state index contributed by atoms with van der Waals surface area (Å²) >= 11 is 1.90. The molecule has 112 valence electrons. The third-order valence-corrected chi connectivity index (χ3v) is 7.00. The third-order valence-electron chi connectivity index (χ3n) is 2.34. The van der Waals surface area contributed by atoms with Gasteiger partial charge in [0.25, 0.3) is 5.91 Å². The van der Waals surface area contributed by atoms with Crippen LogP contribution in [-0.2, 0) is 9.13 Å². The SMILES string of the molecule is O=C(NCC(P(=O)(O)O)P(=O)(O)O)c1ccccc1I. The van der Waals surface area contributed by atoms with Gasteiger partial charge in [-0.1, -0.05) is 12.1 Å². The van der Waals surface area contributed by atoms with Crippen LogP contribution in [0.5, 0.6) is 0 Å². The summed E-state index contributed by atoms with van der Waals surface area (Å²) in [5.74, 6) is -0.665. The standard InChI is InChI=1S/C9H12INO7P2/c10-7-4-2-1-3-6(7)9(12)11-5-8(19(13,14)15)20(16,17)18/h1-4,8H,5H2,(H,11,12)(H2,13,14,15)(H2,16,17,18). The third kappa shape index (κ3) is 4.92. The van der Waals surface area contributed by atoms with Gasteiger partial charge in [0.05, 0.1) is 5.56 Å². The Morgan fingerprint density at radius 1 is 1.15 bits per heavy atom. The van der Waals surface area contributed by atoms with Crippen molar-refractivity contribution in [3.8, 4) is 0 Å². The molecular weight excluding hydrogens is 423 g/mol. The fraction of sp³-hybridized carbons (Fsp3) is 0.222. The first-order valence-corrected chi connectivity index (χ1v) is 9.61. The molecule has 1 aromatic carbocycles. The van der Waals surface area contributed by atoms with E-state index < -0.39 is 33.0 Å². The Balaban J connectivity index is 2.85. The molecule has 20 heavy (non-hydrogen) atoms. The second-order valence-corrected chi connectivity index (χ2v) is 9.02. The average molecular weight is 435 g/mol. The van der Waals surface area contributed by atoms with Crippen LogP contribution in [0.25, 0.3) is 0 Å². The zero-order valence-electron chi connectivity index (χ0n) is 9.88. The number of amides is 1. The molecule has 8 nitrogen and oxygen atoms in total. The van der Waals surface area contributed by atoms with Crippen LogP contribution in [0.3, 0.4) is 0 Å². The Morgan fingerprint density at radius 2 is 1.65 bits per heavy atom. The Bertz CT molecular complexity index is 574. The first-order valence-electron chi connectivity index (χ1n) is 5.16. The first kappa shape index (κ1) is 17.8. The average Bonchev–Trinajstić information content (AvgIpc) is 2.25. The van der Waals surface area contributed by atoms with Crippen LogP contribution < -0.4 is 5.32 Å². The summed E-state index contributed by atoms with van der Waals surface area (Å²) in [7, 11) is -10.1. The molecule has 0 heterocycles. The van der Waals surface area contributed by atoms with Gasteiger partial charge in [-0.25, -0.2) is 0 Å². The van der Waals surface area contributed by atoms with E-state index in [4.69, 9.17) is 19.6 Å². The number of carbonyl (C=O) groups is 1. The van der Waals surface area contributed by atoms with Gasteiger partial charge in [0.1, 0.15) is 0 Å². The summed E-state index contributed by atoms with van der Waals surface area (Å²) < 4.78 is 22.7. The minimum Gasteiger partial charge on any atom is -0.350 e. The van der Waals surface area contributed by atoms with Gasteiger partial charge in [0.15, 0.2) is 5.40 Å². The van der Waals surface area contributed by atoms with E-state index >= 15 is 0 Å². The molecule has 0 bridgehead atoms. The normalized spacial score (nSPS) is 12.5. The van der Waals surface area contributed by atoms with E-state index in [-0.39, 0.29) is 5.56 Å². The molecule has 5 N–H and O–H groups in total. The van der Waals surface area contributed by atoms with Gasteiger partial charge < -0.3 is 24.9 Å². The van der Waals surface area contributed by atoms with Crippen molar-refractivity contribution in [1.82, 2.24) is 5.32 Å². The quantitative estimate of drug-likeness (QED) is 0.339. The van der Waals surface area contributed by atoms with Crippen molar-refractivity contribution in [2.45, 2.75) is 5.40 Å². The van der Waals surface area contributed by atoms with Crippen LogP contribution >= 0.6 is 37.8 Å². The predicted molar refractivity (Wildman–Crippen MR) is 79.4 cm³/mol. The molecule has 1 amide bonds. The zero-order chi connectivity index (χ0) is 15.6. The molecule has 0 unspecified atom stereocenters. The molecule has 0 aliphatic carbocycles. The summed E-state index contributed by atoms with van der Waals surface area (Å²) in [5.41, 5.74) is 0.253. The van der Waals surface area contributed by atoms with E-state index in [1.807, 2.05) is 22.6 Å². The van der Waals surface area contributed by atoms with Gasteiger partial charge in [0, 0.05) is 10.1 Å². The molecule has 11 heteroatoms. The van der Waals surface area contributed by atoms with Gasteiger partial charge in [-0.05, 0) is 34.7 Å². The molecule has 0 saturated heterocycles. The summed E-state index contributed by atoms with van der Waals surface area (Å²) in [6, 6.07) is 6.44. The van der Waals surface area contributed by atoms with Crippen LogP contribution in [0.1, 0.15) is 10.4 Å². The van der Waals surface area contributed by atoms with Gasteiger partial charge in [-0.2, -0.15) is 0 Å². The highest BCUT2D eigenvalue weighted by atomic mass is 127. The van der Waals surface area contributed by atoms with Gasteiger partial charge in [-0.3, -0.25) is 13.9 Å². The fourth-order valence-electron chi connectivity index (χ4n) is 1.36. The lowest BCUT2D eigenvalue weighted by Crippen LogP contribution is -2.32. The van der Waals surface area contributed by atoms with Crippen molar-refractivity contribution in [2.75, 3.05) is 6.54 Å². The number of nitrogens with one attached hydrogen (secondary N) is 1. The topological polar surface area (TPSA) is 144 Å². The van der Waals surface area contributed by atoms with E-state index in [2.05, 4.69) is 5.32 Å². The van der Waals surface area contributed by atoms with Gasteiger partial charge in [-0.15, -0.1) is 0 Å². The number of carbonyl (C=O) groups excluding carboxylic acids is 1. The van der Waals surface area contributed by atoms with Crippen LogP contribution in [-0.4, -0.2) is 37.4 Å². The van der Waals surface area contributed by atoms with Crippen molar-refractivity contribution in [3.05, 3.63) is 33.4 Å². The number of rotatable bonds is 5. The van der Waals surface area contributed by atoms with E-state index in [1.54, 1.807) is 18.2 Å². The second kappa shape index (κ2) is 6.65. The second-order valence-electron chi connectivity index (χ2n) is 3.85. The van der Waals surface area contributed by atoms with Gasteiger partial charge >= 0.3 is 15.2 Å². The molecular formula is C9H12INO7P2. The summed E-state index contributed by atoms with van der Waals surface area (Å²) in [6.07, 6.45) is 0. The highest BCUT2D eigenvalue weighted by Gasteiger charge is 2.43. The maximum absolute atomic E-state index is 11.8. The molecule has 0 saturated carbocycles. The molecule has 0 aliphatic rings. The van der Waals surface area contributed by atoms with Crippen molar-refractivity contribution >= 4 is 43.7 Å². The molecule has 0 spiro atoms. The number of benzene rings is 1. The smallest absolute Gasteiger partial charge is 0.342 e. The van der Waals surface area contributed by atoms with Crippen LogP contribution in [0.4, 0.5) is 0 Å². The Kier molecular flexibility index (Phi) is 5.91. The Morgan fingerprint density at radius 3 is 2.10 bits per heavy atom. The molecule has 0 aliphatic heterocycles. The van der Waals surface area contributed by atoms with Crippen LogP contribution in [0.2, 0.25) is 0 Å². The lowest BCUT2D eigenvalue weighted by molar-refractivity contribution is 0.0954.